The van der Waals surface area contributed by atoms with E-state index < -0.39 is 41.7 Å². The summed E-state index contributed by atoms with van der Waals surface area (Å²) in [6.07, 6.45) is 7.35. The average molecular weight is 668 g/mol. The summed E-state index contributed by atoms with van der Waals surface area (Å²) in [6, 6.07) is 4.16. The van der Waals surface area contributed by atoms with Crippen LogP contribution in [0.5, 0.6) is 5.75 Å². The van der Waals surface area contributed by atoms with Gasteiger partial charge in [-0.25, -0.2) is 9.59 Å². The summed E-state index contributed by atoms with van der Waals surface area (Å²) >= 11 is 0. The van der Waals surface area contributed by atoms with Crippen LogP contribution in [0.3, 0.4) is 0 Å². The Bertz CT molecular complexity index is 1380. The molecule has 0 unspecified atom stereocenters. The molecule has 13 heteroatoms. The van der Waals surface area contributed by atoms with Gasteiger partial charge in [0.15, 0.2) is 0 Å². The fourth-order valence-electron chi connectivity index (χ4n) is 7.21. The molecule has 5 aliphatic rings. The molecule has 262 valence electrons. The van der Waals surface area contributed by atoms with Crippen LogP contribution in [0.1, 0.15) is 63.0 Å². The number of allylic oxidation sites excluding steroid dienone is 1. The van der Waals surface area contributed by atoms with E-state index >= 15 is 0 Å². The third-order valence-corrected chi connectivity index (χ3v) is 10.1. The number of benzene rings is 1. The molecule has 0 aromatic heterocycles. The minimum Gasteiger partial charge on any atom is -0.492 e. The number of nitrogens with one attached hydrogen (secondary N) is 1. The maximum Gasteiger partial charge on any atom is 0.410 e. The van der Waals surface area contributed by atoms with E-state index in [1.165, 1.54) is 4.90 Å². The quantitative estimate of drug-likeness (QED) is 0.327. The molecule has 0 radical (unpaired) electrons. The molecule has 4 aliphatic heterocycles. The van der Waals surface area contributed by atoms with Crippen LogP contribution in [0, 0.1) is 5.92 Å². The summed E-state index contributed by atoms with van der Waals surface area (Å²) in [4.78, 5) is 59.2. The van der Waals surface area contributed by atoms with Crippen molar-refractivity contribution in [3.63, 3.8) is 0 Å². The standard InChI is InChI=1S/C35H49N5O8/c1-2-46-33(43)35-20-26(35)8-6-4-3-5-7-9-29(36)32(42)40-23-28(19-30(40)31(41)37-35)48-34(44)39-21-24-10-11-27(18-25(24)22-39)47-17-14-38-12-15-45-16-13-38/h6,8,10-11,18,26,28-30H,2-5,7,9,12-17,19-23,36H2,1H3,(H,37,41)/b8-6-/t26-,28+,29-,30-,35+/m0/s1. The van der Waals surface area contributed by atoms with E-state index in [1.807, 2.05) is 24.3 Å². The number of ether oxygens (including phenoxy) is 4. The second-order valence-electron chi connectivity index (χ2n) is 13.5. The third-order valence-electron chi connectivity index (χ3n) is 10.1. The van der Waals surface area contributed by atoms with Crippen LogP contribution in [0.15, 0.2) is 30.4 Å². The zero-order chi connectivity index (χ0) is 33.7. The molecule has 0 spiro atoms. The molecule has 48 heavy (non-hydrogen) atoms. The van der Waals surface area contributed by atoms with Crippen molar-refractivity contribution in [1.29, 1.82) is 0 Å². The van der Waals surface area contributed by atoms with Crippen molar-refractivity contribution in [2.75, 3.05) is 52.6 Å². The van der Waals surface area contributed by atoms with Crippen molar-refractivity contribution in [3.8, 4) is 5.75 Å². The van der Waals surface area contributed by atoms with Gasteiger partial charge in [0, 0.05) is 45.1 Å². The van der Waals surface area contributed by atoms with Gasteiger partial charge in [0.1, 0.15) is 30.0 Å². The van der Waals surface area contributed by atoms with Gasteiger partial charge in [-0.3, -0.25) is 19.4 Å². The van der Waals surface area contributed by atoms with E-state index in [-0.39, 0.29) is 31.4 Å². The Labute approximate surface area is 282 Å². The Morgan fingerprint density at radius 2 is 1.92 bits per heavy atom. The summed E-state index contributed by atoms with van der Waals surface area (Å²) < 4.78 is 22.7. The Kier molecular flexibility index (Phi) is 10.9. The van der Waals surface area contributed by atoms with E-state index in [9.17, 15) is 19.2 Å². The van der Waals surface area contributed by atoms with Gasteiger partial charge in [-0.15, -0.1) is 0 Å². The van der Waals surface area contributed by atoms with Crippen molar-refractivity contribution < 1.29 is 38.1 Å². The highest BCUT2D eigenvalue weighted by Crippen LogP contribution is 2.46. The smallest absolute Gasteiger partial charge is 0.410 e. The second-order valence-corrected chi connectivity index (χ2v) is 13.5. The summed E-state index contributed by atoms with van der Waals surface area (Å²) in [5, 5.41) is 2.94. The van der Waals surface area contributed by atoms with E-state index in [1.54, 1.807) is 11.8 Å². The van der Waals surface area contributed by atoms with Gasteiger partial charge in [0.25, 0.3) is 0 Å². The molecule has 1 aliphatic carbocycles. The van der Waals surface area contributed by atoms with Gasteiger partial charge in [-0.2, -0.15) is 0 Å². The molecule has 6 rings (SSSR count). The summed E-state index contributed by atoms with van der Waals surface area (Å²) in [5.41, 5.74) is 7.19. The van der Waals surface area contributed by atoms with Crippen LogP contribution in [0.25, 0.3) is 0 Å². The summed E-state index contributed by atoms with van der Waals surface area (Å²) in [7, 11) is 0. The Morgan fingerprint density at radius 3 is 2.73 bits per heavy atom. The fourth-order valence-corrected chi connectivity index (χ4v) is 7.21. The van der Waals surface area contributed by atoms with Crippen LogP contribution in [0.4, 0.5) is 4.79 Å². The van der Waals surface area contributed by atoms with Crippen molar-refractivity contribution >= 4 is 23.9 Å². The SMILES string of the molecule is CCOC(=O)[C@@]12C[C@@H]1/C=C\CCCCC[C@H](N)C(=O)N1C[C@H](OC(=O)N3Cc4ccc(OCCN5CCOCC5)cc4C3)C[C@H]1C(=O)N2. The van der Waals surface area contributed by atoms with Gasteiger partial charge in [0.05, 0.1) is 32.4 Å². The predicted molar refractivity (Wildman–Crippen MR) is 175 cm³/mol. The van der Waals surface area contributed by atoms with E-state index in [2.05, 4.69) is 16.3 Å². The minimum absolute atomic E-state index is 0.0496. The molecule has 2 saturated heterocycles. The van der Waals surface area contributed by atoms with Crippen LogP contribution < -0.4 is 15.8 Å². The number of nitrogens with zero attached hydrogens (tertiary/aromatic N) is 3. The largest absolute Gasteiger partial charge is 0.492 e. The Morgan fingerprint density at radius 1 is 1.10 bits per heavy atom. The summed E-state index contributed by atoms with van der Waals surface area (Å²) in [5.74, 6) is -0.726. The number of carbonyl (C=O) groups is 4. The minimum atomic E-state index is -1.16. The lowest BCUT2D eigenvalue weighted by molar-refractivity contribution is -0.150. The first-order valence-electron chi connectivity index (χ1n) is 17.5. The Hall–Kier alpha value is -3.68. The van der Waals surface area contributed by atoms with E-state index in [0.717, 1.165) is 75.4 Å². The molecular weight excluding hydrogens is 618 g/mol. The molecule has 3 N–H and O–H groups in total. The number of amides is 3. The van der Waals surface area contributed by atoms with Crippen LogP contribution in [-0.2, 0) is 41.7 Å². The average Bonchev–Trinajstić information content (AvgIpc) is 3.38. The number of morpholine rings is 1. The van der Waals surface area contributed by atoms with E-state index in [0.29, 0.717) is 32.5 Å². The predicted octanol–water partition coefficient (Wildman–Crippen LogP) is 2.10. The van der Waals surface area contributed by atoms with Crippen molar-refractivity contribution in [2.45, 2.75) is 88.7 Å². The van der Waals surface area contributed by atoms with Crippen LogP contribution in [0.2, 0.25) is 0 Å². The first kappa shape index (κ1) is 34.2. The van der Waals surface area contributed by atoms with Crippen molar-refractivity contribution in [2.24, 2.45) is 11.7 Å². The molecular formula is C35H49N5O8. The van der Waals surface area contributed by atoms with Crippen LogP contribution >= 0.6 is 0 Å². The van der Waals surface area contributed by atoms with E-state index in [4.69, 9.17) is 24.7 Å². The molecule has 3 amide bonds. The first-order chi connectivity index (χ1) is 23.3. The molecule has 1 saturated carbocycles. The molecule has 1 aromatic carbocycles. The molecule has 5 atom stereocenters. The second kappa shape index (κ2) is 15.3. The van der Waals surface area contributed by atoms with Crippen molar-refractivity contribution in [1.82, 2.24) is 20.0 Å². The number of carbonyl (C=O) groups excluding carboxylic acids is 4. The maximum absolute atomic E-state index is 13.8. The maximum atomic E-state index is 13.8. The van der Waals surface area contributed by atoms with Gasteiger partial charge in [-0.1, -0.05) is 31.1 Å². The molecule has 1 aromatic rings. The van der Waals surface area contributed by atoms with Gasteiger partial charge in [0.2, 0.25) is 11.8 Å². The monoisotopic (exact) mass is 667 g/mol. The topological polar surface area (TPSA) is 153 Å². The molecule has 13 nitrogen and oxygen atoms in total. The fraction of sp³-hybridized carbons (Fsp3) is 0.657. The highest BCUT2D eigenvalue weighted by atomic mass is 16.6. The lowest BCUT2D eigenvalue weighted by Crippen LogP contribution is -2.55. The van der Waals surface area contributed by atoms with Crippen LogP contribution in [-0.4, -0.2) is 115 Å². The Balaban J connectivity index is 1.09. The number of hydrogen-bond acceptors (Lipinski definition) is 10. The number of rotatable bonds is 7. The highest BCUT2D eigenvalue weighted by Gasteiger charge is 2.62. The summed E-state index contributed by atoms with van der Waals surface area (Å²) in [6.45, 7) is 7.43. The number of fused-ring (bicyclic) bond motifs is 3. The van der Waals surface area contributed by atoms with Gasteiger partial charge < -0.3 is 34.9 Å². The number of hydrogen-bond donors (Lipinski definition) is 2. The normalized spacial score (nSPS) is 30.2. The molecule has 4 heterocycles. The zero-order valence-electron chi connectivity index (χ0n) is 27.9. The molecule has 3 fully saturated rings. The first-order valence-corrected chi connectivity index (χ1v) is 17.5. The number of esters is 1. The molecule has 0 bridgehead atoms. The van der Waals surface area contributed by atoms with Crippen molar-refractivity contribution in [3.05, 3.63) is 41.5 Å². The van der Waals surface area contributed by atoms with Gasteiger partial charge >= 0.3 is 12.1 Å². The lowest BCUT2D eigenvalue weighted by Gasteiger charge is -2.28. The van der Waals surface area contributed by atoms with Gasteiger partial charge in [-0.05, 0) is 55.9 Å². The lowest BCUT2D eigenvalue weighted by atomic mass is 10.1. The third kappa shape index (κ3) is 7.79. The highest BCUT2D eigenvalue weighted by molar-refractivity contribution is 5.96. The zero-order valence-corrected chi connectivity index (χ0v) is 27.9. The number of nitrogens with two attached hydrogens (primary N) is 1.